The zero-order chi connectivity index (χ0) is 17.3. The maximum atomic E-state index is 12.7. The van der Waals surface area contributed by atoms with Gasteiger partial charge >= 0.3 is 0 Å². The number of hydrogen-bond donors (Lipinski definition) is 1. The highest BCUT2D eigenvalue weighted by Gasteiger charge is 2.33. The lowest BCUT2D eigenvalue weighted by Crippen LogP contribution is -2.28. The minimum atomic E-state index is -0.146. The molecule has 3 rings (SSSR count). The minimum absolute atomic E-state index is 0.146. The van der Waals surface area contributed by atoms with Crippen LogP contribution < -0.4 is 9.80 Å². The average molecular weight is 337 g/mol. The lowest BCUT2D eigenvalue weighted by atomic mass is 10.1. The number of nitrogens with zero attached hydrogens (tertiary/aromatic N) is 2. The van der Waals surface area contributed by atoms with Gasteiger partial charge in [0.25, 0.3) is 5.91 Å². The fourth-order valence-corrected chi connectivity index (χ4v) is 3.37. The number of amidine groups is 1. The Hall–Kier alpha value is -2.53. The lowest BCUT2D eigenvalue weighted by molar-refractivity contribution is -0.113. The van der Waals surface area contributed by atoms with E-state index in [-0.39, 0.29) is 11.1 Å². The van der Waals surface area contributed by atoms with E-state index in [9.17, 15) is 4.79 Å². The zero-order valence-electron chi connectivity index (χ0n) is 13.9. The summed E-state index contributed by atoms with van der Waals surface area (Å²) in [4.78, 5) is 16.7. The van der Waals surface area contributed by atoms with E-state index >= 15 is 0 Å². The van der Waals surface area contributed by atoms with Gasteiger partial charge in [-0.25, -0.2) is 0 Å². The summed E-state index contributed by atoms with van der Waals surface area (Å²) in [7, 11) is 3.98. The minimum Gasteiger partial charge on any atom is -0.378 e. The zero-order valence-corrected chi connectivity index (χ0v) is 14.7. The second-order valence-electron chi connectivity index (χ2n) is 5.88. The molecule has 1 saturated heterocycles. The summed E-state index contributed by atoms with van der Waals surface area (Å²) in [6.45, 7) is 1.98. The van der Waals surface area contributed by atoms with Gasteiger partial charge in [0.15, 0.2) is 5.17 Å². The molecule has 0 radical (unpaired) electrons. The summed E-state index contributed by atoms with van der Waals surface area (Å²) in [6.07, 6.45) is 1.84. The van der Waals surface area contributed by atoms with Crippen molar-refractivity contribution in [3.8, 4) is 0 Å². The summed E-state index contributed by atoms with van der Waals surface area (Å²) < 4.78 is 0. The van der Waals surface area contributed by atoms with Crippen molar-refractivity contribution in [1.82, 2.24) is 0 Å². The van der Waals surface area contributed by atoms with Crippen LogP contribution in [0.5, 0.6) is 0 Å². The molecule has 0 spiro atoms. The Bertz CT molecular complexity index is 825. The molecule has 1 heterocycles. The molecule has 0 aromatic heterocycles. The number of thioether (sulfide) groups is 1. The normalized spacial score (nSPS) is 16.1. The largest absolute Gasteiger partial charge is 0.378 e. The Kier molecular flexibility index (Phi) is 4.44. The van der Waals surface area contributed by atoms with E-state index in [0.717, 1.165) is 22.5 Å². The first-order chi connectivity index (χ1) is 11.5. The number of carbonyl (C=O) groups is 1. The van der Waals surface area contributed by atoms with Crippen molar-refractivity contribution in [2.75, 3.05) is 23.9 Å². The van der Waals surface area contributed by atoms with Crippen LogP contribution in [0.15, 0.2) is 53.4 Å². The number of benzene rings is 2. The molecular weight excluding hydrogens is 318 g/mol. The molecule has 2 aromatic rings. The van der Waals surface area contributed by atoms with E-state index in [0.29, 0.717) is 4.91 Å². The molecule has 0 bridgehead atoms. The smallest absolute Gasteiger partial charge is 0.271 e. The number of carbonyl (C=O) groups excluding carboxylic acids is 1. The molecule has 1 amide bonds. The summed E-state index contributed by atoms with van der Waals surface area (Å²) in [5, 5.41) is 8.39. The molecule has 0 aliphatic carbocycles. The predicted octanol–water partition coefficient (Wildman–Crippen LogP) is 4.12. The second kappa shape index (κ2) is 6.53. The van der Waals surface area contributed by atoms with E-state index in [1.165, 1.54) is 16.7 Å². The topological polar surface area (TPSA) is 47.4 Å². The van der Waals surface area contributed by atoms with Gasteiger partial charge in [0.05, 0.1) is 10.6 Å². The predicted molar refractivity (Wildman–Crippen MR) is 103 cm³/mol. The number of nitrogens with one attached hydrogen (secondary N) is 1. The molecule has 1 aliphatic rings. The van der Waals surface area contributed by atoms with Gasteiger partial charge in [0.1, 0.15) is 0 Å². The Morgan fingerprint density at radius 3 is 2.46 bits per heavy atom. The molecule has 0 saturated carbocycles. The van der Waals surface area contributed by atoms with E-state index in [4.69, 9.17) is 5.41 Å². The van der Waals surface area contributed by atoms with Gasteiger partial charge in [-0.15, -0.1) is 0 Å². The molecule has 1 fully saturated rings. The van der Waals surface area contributed by atoms with E-state index in [2.05, 4.69) is 0 Å². The molecule has 122 valence electrons. The third-order valence-electron chi connectivity index (χ3n) is 3.79. The van der Waals surface area contributed by atoms with Crippen molar-refractivity contribution in [3.63, 3.8) is 0 Å². The molecule has 4 nitrogen and oxygen atoms in total. The van der Waals surface area contributed by atoms with Crippen molar-refractivity contribution in [3.05, 3.63) is 64.6 Å². The van der Waals surface area contributed by atoms with Gasteiger partial charge in [-0.1, -0.05) is 24.3 Å². The van der Waals surface area contributed by atoms with Crippen LogP contribution in [0.1, 0.15) is 11.1 Å². The Balaban J connectivity index is 1.88. The molecule has 1 N–H and O–H groups in total. The van der Waals surface area contributed by atoms with Crippen molar-refractivity contribution in [2.45, 2.75) is 6.92 Å². The maximum Gasteiger partial charge on any atom is 0.271 e. The number of hydrogen-bond acceptors (Lipinski definition) is 4. The lowest BCUT2D eigenvalue weighted by Gasteiger charge is -2.14. The number of anilines is 2. The molecule has 24 heavy (non-hydrogen) atoms. The van der Waals surface area contributed by atoms with Gasteiger partial charge in [-0.2, -0.15) is 0 Å². The van der Waals surface area contributed by atoms with Crippen LogP contribution in [-0.2, 0) is 4.79 Å². The van der Waals surface area contributed by atoms with Crippen LogP contribution in [0.2, 0.25) is 0 Å². The van der Waals surface area contributed by atoms with Crippen LogP contribution >= 0.6 is 11.8 Å². The Labute approximate surface area is 146 Å². The summed E-state index contributed by atoms with van der Waals surface area (Å²) >= 11 is 1.20. The van der Waals surface area contributed by atoms with Crippen molar-refractivity contribution in [2.24, 2.45) is 0 Å². The SMILES string of the molecule is Cc1cccc(N2C(=N)S/C(=C\c3ccc(N(C)C)cc3)C2=O)c1. The third kappa shape index (κ3) is 3.21. The van der Waals surface area contributed by atoms with Gasteiger partial charge in [-0.05, 0) is 60.2 Å². The van der Waals surface area contributed by atoms with Gasteiger partial charge in [0.2, 0.25) is 0 Å². The van der Waals surface area contributed by atoms with Crippen LogP contribution in [0, 0.1) is 12.3 Å². The molecule has 5 heteroatoms. The summed E-state index contributed by atoms with van der Waals surface area (Å²) in [5.74, 6) is -0.146. The van der Waals surface area contributed by atoms with Crippen molar-refractivity contribution < 1.29 is 4.79 Å². The average Bonchev–Trinajstić information content (AvgIpc) is 2.82. The van der Waals surface area contributed by atoms with Crippen molar-refractivity contribution >= 4 is 40.3 Å². The molecule has 2 aromatic carbocycles. The fraction of sp³-hybridized carbons (Fsp3) is 0.158. The van der Waals surface area contributed by atoms with Crippen molar-refractivity contribution in [1.29, 1.82) is 5.41 Å². The van der Waals surface area contributed by atoms with E-state index in [1.807, 2.05) is 80.5 Å². The first-order valence-corrected chi connectivity index (χ1v) is 8.44. The number of amides is 1. The summed E-state index contributed by atoms with van der Waals surface area (Å²) in [5.41, 5.74) is 3.87. The Morgan fingerprint density at radius 2 is 1.83 bits per heavy atom. The first-order valence-electron chi connectivity index (χ1n) is 7.62. The van der Waals surface area contributed by atoms with Crippen LogP contribution in [0.25, 0.3) is 6.08 Å². The number of rotatable bonds is 3. The molecule has 0 atom stereocenters. The van der Waals surface area contributed by atoms with E-state index in [1.54, 1.807) is 0 Å². The standard InChI is InChI=1S/C19H19N3OS/c1-13-5-4-6-16(11-13)22-18(23)17(24-19(22)20)12-14-7-9-15(10-8-14)21(2)3/h4-12,20H,1-3H3/b17-12-,20-19?. The highest BCUT2D eigenvalue weighted by atomic mass is 32.2. The van der Waals surface area contributed by atoms with Crippen LogP contribution in [-0.4, -0.2) is 25.2 Å². The molecule has 1 aliphatic heterocycles. The fourth-order valence-electron chi connectivity index (χ4n) is 2.51. The maximum absolute atomic E-state index is 12.7. The van der Waals surface area contributed by atoms with Crippen LogP contribution in [0.4, 0.5) is 11.4 Å². The van der Waals surface area contributed by atoms with Gasteiger partial charge in [0, 0.05) is 19.8 Å². The molecule has 0 unspecified atom stereocenters. The third-order valence-corrected chi connectivity index (χ3v) is 4.68. The number of aryl methyl sites for hydroxylation is 1. The molecular formula is C19H19N3OS. The van der Waals surface area contributed by atoms with E-state index < -0.39 is 0 Å². The monoisotopic (exact) mass is 337 g/mol. The second-order valence-corrected chi connectivity index (χ2v) is 6.91. The first kappa shape index (κ1) is 16.3. The van der Waals surface area contributed by atoms with Crippen LogP contribution in [0.3, 0.4) is 0 Å². The van der Waals surface area contributed by atoms with Gasteiger partial charge in [-0.3, -0.25) is 15.1 Å². The Morgan fingerprint density at radius 1 is 1.12 bits per heavy atom. The quantitative estimate of drug-likeness (QED) is 0.857. The summed E-state index contributed by atoms with van der Waals surface area (Å²) in [6, 6.07) is 15.6. The highest BCUT2D eigenvalue weighted by molar-refractivity contribution is 8.19. The highest BCUT2D eigenvalue weighted by Crippen LogP contribution is 2.35. The van der Waals surface area contributed by atoms with Gasteiger partial charge < -0.3 is 4.90 Å².